The van der Waals surface area contributed by atoms with Crippen LogP contribution in [-0.4, -0.2) is 39.8 Å². The van der Waals surface area contributed by atoms with E-state index in [0.717, 1.165) is 22.8 Å². The molecule has 3 N–H and O–H groups in total. The number of imidazole rings is 1. The van der Waals surface area contributed by atoms with Crippen molar-refractivity contribution >= 4 is 11.6 Å². The smallest absolute Gasteiger partial charge is 0.228 e. The molecule has 1 aliphatic heterocycles. The fraction of sp³-hybridized carbons (Fsp3) is 0.412. The van der Waals surface area contributed by atoms with Gasteiger partial charge in [0.15, 0.2) is 0 Å². The van der Waals surface area contributed by atoms with Gasteiger partial charge in [0.2, 0.25) is 5.91 Å². The van der Waals surface area contributed by atoms with Crippen LogP contribution in [0.15, 0.2) is 30.6 Å². The first-order valence-electron chi connectivity index (χ1n) is 7.85. The maximum absolute atomic E-state index is 12.2. The zero-order valence-corrected chi connectivity index (χ0v) is 13.4. The van der Waals surface area contributed by atoms with Crippen molar-refractivity contribution in [2.45, 2.75) is 26.4 Å². The van der Waals surface area contributed by atoms with Crippen molar-refractivity contribution in [3.63, 3.8) is 0 Å². The SMILES string of the molecule is Cc1ncn(-c2ccc(NC(=O)C3CNCC(O)C3)cc2)c1C. The lowest BCUT2D eigenvalue weighted by molar-refractivity contribution is -0.121. The van der Waals surface area contributed by atoms with Crippen LogP contribution in [0.3, 0.4) is 0 Å². The lowest BCUT2D eigenvalue weighted by Crippen LogP contribution is -2.44. The number of aromatic nitrogens is 2. The molecule has 23 heavy (non-hydrogen) atoms. The van der Waals surface area contributed by atoms with E-state index in [-0.39, 0.29) is 11.8 Å². The lowest BCUT2D eigenvalue weighted by Gasteiger charge is -2.26. The van der Waals surface area contributed by atoms with E-state index in [1.165, 1.54) is 0 Å². The number of aliphatic hydroxyl groups is 1. The third kappa shape index (κ3) is 3.43. The summed E-state index contributed by atoms with van der Waals surface area (Å²) in [6, 6.07) is 7.68. The van der Waals surface area contributed by atoms with Crippen molar-refractivity contribution in [1.29, 1.82) is 0 Å². The van der Waals surface area contributed by atoms with Gasteiger partial charge in [-0.05, 0) is 44.5 Å². The summed E-state index contributed by atoms with van der Waals surface area (Å²) in [5, 5.41) is 15.6. The number of aryl methyl sites for hydroxylation is 1. The van der Waals surface area contributed by atoms with Crippen molar-refractivity contribution in [3.8, 4) is 5.69 Å². The number of aliphatic hydroxyl groups excluding tert-OH is 1. The van der Waals surface area contributed by atoms with Crippen molar-refractivity contribution in [1.82, 2.24) is 14.9 Å². The van der Waals surface area contributed by atoms with Gasteiger partial charge in [-0.3, -0.25) is 4.79 Å². The molecule has 1 amide bonds. The molecule has 0 saturated carbocycles. The van der Waals surface area contributed by atoms with Gasteiger partial charge in [0, 0.05) is 30.2 Å². The Labute approximate surface area is 135 Å². The number of nitrogens with one attached hydrogen (secondary N) is 2. The maximum atomic E-state index is 12.2. The first-order valence-corrected chi connectivity index (χ1v) is 7.85. The Bertz CT molecular complexity index is 693. The fourth-order valence-electron chi connectivity index (χ4n) is 2.83. The van der Waals surface area contributed by atoms with Gasteiger partial charge in [-0.2, -0.15) is 0 Å². The Morgan fingerprint density at radius 1 is 1.30 bits per heavy atom. The van der Waals surface area contributed by atoms with Gasteiger partial charge >= 0.3 is 0 Å². The van der Waals surface area contributed by atoms with Gasteiger partial charge in [0.25, 0.3) is 0 Å². The number of carbonyl (C=O) groups excluding carboxylic acids is 1. The molecule has 2 atom stereocenters. The number of hydrogen-bond donors (Lipinski definition) is 3. The first kappa shape index (κ1) is 15.7. The zero-order valence-electron chi connectivity index (χ0n) is 13.4. The Morgan fingerprint density at radius 3 is 2.65 bits per heavy atom. The van der Waals surface area contributed by atoms with Crippen molar-refractivity contribution in [2.24, 2.45) is 5.92 Å². The van der Waals surface area contributed by atoms with Gasteiger partial charge in [0.1, 0.15) is 0 Å². The quantitative estimate of drug-likeness (QED) is 0.800. The largest absolute Gasteiger partial charge is 0.392 e. The molecule has 1 aromatic carbocycles. The Morgan fingerprint density at radius 2 is 2.04 bits per heavy atom. The molecule has 1 saturated heterocycles. The second-order valence-corrected chi connectivity index (χ2v) is 6.07. The van der Waals surface area contributed by atoms with Crippen LogP contribution in [0.5, 0.6) is 0 Å². The van der Waals surface area contributed by atoms with E-state index in [1.54, 1.807) is 6.33 Å². The summed E-state index contributed by atoms with van der Waals surface area (Å²) in [6.07, 6.45) is 1.85. The van der Waals surface area contributed by atoms with Crippen molar-refractivity contribution < 1.29 is 9.90 Å². The Balaban J connectivity index is 1.68. The molecule has 0 bridgehead atoms. The third-order valence-electron chi connectivity index (χ3n) is 4.36. The fourth-order valence-corrected chi connectivity index (χ4v) is 2.83. The molecule has 6 nitrogen and oxygen atoms in total. The monoisotopic (exact) mass is 314 g/mol. The summed E-state index contributed by atoms with van der Waals surface area (Å²) in [5.41, 5.74) is 3.87. The van der Waals surface area contributed by atoms with Crippen LogP contribution in [0.1, 0.15) is 17.8 Å². The number of hydrogen-bond acceptors (Lipinski definition) is 4. The molecular formula is C17H22N4O2. The predicted molar refractivity (Wildman–Crippen MR) is 88.7 cm³/mol. The summed E-state index contributed by atoms with van der Waals surface area (Å²) >= 11 is 0. The number of rotatable bonds is 3. The Kier molecular flexibility index (Phi) is 4.45. The molecule has 1 aliphatic rings. The normalized spacial score (nSPS) is 21.2. The van der Waals surface area contributed by atoms with Crippen LogP contribution in [0.2, 0.25) is 0 Å². The number of nitrogens with zero attached hydrogens (tertiary/aromatic N) is 2. The third-order valence-corrected chi connectivity index (χ3v) is 4.36. The second-order valence-electron chi connectivity index (χ2n) is 6.07. The molecule has 0 aliphatic carbocycles. The number of carbonyl (C=O) groups is 1. The molecule has 0 radical (unpaired) electrons. The van der Waals surface area contributed by atoms with Gasteiger partial charge in [-0.25, -0.2) is 4.98 Å². The van der Waals surface area contributed by atoms with Gasteiger partial charge in [-0.1, -0.05) is 0 Å². The highest BCUT2D eigenvalue weighted by atomic mass is 16.3. The number of amides is 1. The van der Waals surface area contributed by atoms with Gasteiger partial charge < -0.3 is 20.3 Å². The predicted octanol–water partition coefficient (Wildman–Crippen LogP) is 1.40. The number of anilines is 1. The molecule has 6 heteroatoms. The summed E-state index contributed by atoms with van der Waals surface area (Å²) < 4.78 is 2.02. The summed E-state index contributed by atoms with van der Waals surface area (Å²) in [6.45, 7) is 5.17. The zero-order chi connectivity index (χ0) is 16.4. The van der Waals surface area contributed by atoms with E-state index < -0.39 is 6.10 Å². The molecule has 122 valence electrons. The minimum Gasteiger partial charge on any atom is -0.392 e. The van der Waals surface area contributed by atoms with Crippen molar-refractivity contribution in [2.75, 3.05) is 18.4 Å². The van der Waals surface area contributed by atoms with Crippen LogP contribution in [0, 0.1) is 19.8 Å². The van der Waals surface area contributed by atoms with Crippen LogP contribution < -0.4 is 10.6 Å². The molecule has 0 spiro atoms. The van der Waals surface area contributed by atoms with Gasteiger partial charge in [-0.15, -0.1) is 0 Å². The topological polar surface area (TPSA) is 79.2 Å². The molecule has 2 heterocycles. The Hall–Kier alpha value is -2.18. The molecular weight excluding hydrogens is 292 g/mol. The van der Waals surface area contributed by atoms with E-state index in [4.69, 9.17) is 0 Å². The highest BCUT2D eigenvalue weighted by Gasteiger charge is 2.25. The summed E-state index contributed by atoms with van der Waals surface area (Å²) in [7, 11) is 0. The number of piperidine rings is 1. The molecule has 2 aromatic rings. The minimum absolute atomic E-state index is 0.0568. The molecule has 1 aromatic heterocycles. The molecule has 2 unspecified atom stereocenters. The molecule has 3 rings (SSSR count). The highest BCUT2D eigenvalue weighted by Crippen LogP contribution is 2.18. The lowest BCUT2D eigenvalue weighted by atomic mass is 9.96. The molecule has 1 fully saturated rings. The van der Waals surface area contributed by atoms with E-state index >= 15 is 0 Å². The average molecular weight is 314 g/mol. The van der Waals surface area contributed by atoms with Crippen LogP contribution in [-0.2, 0) is 4.79 Å². The van der Waals surface area contributed by atoms with Crippen molar-refractivity contribution in [3.05, 3.63) is 42.0 Å². The first-order chi connectivity index (χ1) is 11.0. The highest BCUT2D eigenvalue weighted by molar-refractivity contribution is 5.92. The van der Waals surface area contributed by atoms with Crippen LogP contribution >= 0.6 is 0 Å². The number of β-amino-alcohol motifs (C(OH)–C–C–N with tert-alkyl or cyclic N) is 1. The number of benzene rings is 1. The summed E-state index contributed by atoms with van der Waals surface area (Å²) in [5.74, 6) is -0.254. The summed E-state index contributed by atoms with van der Waals surface area (Å²) in [4.78, 5) is 16.5. The van der Waals surface area contributed by atoms with Gasteiger partial charge in [0.05, 0.1) is 24.0 Å². The van der Waals surface area contributed by atoms with E-state index in [9.17, 15) is 9.90 Å². The van der Waals surface area contributed by atoms with Crippen LogP contribution in [0.25, 0.3) is 5.69 Å². The standard InChI is InChI=1S/C17H22N4O2/c1-11-12(2)21(10-19-11)15-5-3-14(4-6-15)20-17(23)13-7-16(22)9-18-8-13/h3-6,10,13,16,18,22H,7-9H2,1-2H3,(H,20,23). The van der Waals surface area contributed by atoms with Crippen LogP contribution in [0.4, 0.5) is 5.69 Å². The maximum Gasteiger partial charge on any atom is 0.228 e. The van der Waals surface area contributed by atoms with E-state index in [1.807, 2.05) is 42.7 Å². The second kappa shape index (κ2) is 6.52. The van der Waals surface area contributed by atoms with E-state index in [0.29, 0.717) is 19.5 Å². The minimum atomic E-state index is -0.450. The van der Waals surface area contributed by atoms with E-state index in [2.05, 4.69) is 15.6 Å². The average Bonchev–Trinajstić information content (AvgIpc) is 2.88.